The Labute approximate surface area is 143 Å². The van der Waals surface area contributed by atoms with Crippen LogP contribution >= 0.6 is 24.8 Å². The lowest BCUT2D eigenvalue weighted by molar-refractivity contribution is -0.134. The number of aryl methyl sites for hydroxylation is 1. The molecule has 128 valence electrons. The van der Waals surface area contributed by atoms with Crippen LogP contribution in [0.2, 0.25) is 0 Å². The Morgan fingerprint density at radius 1 is 1.32 bits per heavy atom. The maximum Gasteiger partial charge on any atom is 0.243 e. The Bertz CT molecular complexity index is 463. The van der Waals surface area contributed by atoms with Crippen molar-refractivity contribution >= 4 is 30.7 Å². The highest BCUT2D eigenvalue weighted by molar-refractivity contribution is 5.85. The molecule has 0 saturated carbocycles. The molecule has 2 atom stereocenters. The molecule has 1 saturated heterocycles. The molecular formula is C13H25Cl2N5O2. The van der Waals surface area contributed by atoms with Crippen molar-refractivity contribution in [2.24, 2.45) is 5.73 Å². The van der Waals surface area contributed by atoms with Crippen LogP contribution in [0.15, 0.2) is 4.52 Å². The summed E-state index contributed by atoms with van der Waals surface area (Å²) in [6.07, 6.45) is 0.677. The molecule has 1 aromatic heterocycles. The average Bonchev–Trinajstić information content (AvgIpc) is 2.91. The minimum absolute atomic E-state index is 0. The van der Waals surface area contributed by atoms with Gasteiger partial charge < -0.3 is 15.2 Å². The van der Waals surface area contributed by atoms with Gasteiger partial charge >= 0.3 is 0 Å². The first kappa shape index (κ1) is 21.1. The van der Waals surface area contributed by atoms with Gasteiger partial charge in [0.25, 0.3) is 0 Å². The highest BCUT2D eigenvalue weighted by Gasteiger charge is 2.28. The SMILES string of the molecule is CC[C@H](N)C(=O)N1CCN(C(C)c2nc(C)no2)CC1.Cl.Cl. The molecule has 22 heavy (non-hydrogen) atoms. The fraction of sp³-hybridized carbons (Fsp3) is 0.769. The molecule has 1 aliphatic heterocycles. The Hall–Kier alpha value is -0.890. The summed E-state index contributed by atoms with van der Waals surface area (Å²) in [5, 5.41) is 3.82. The van der Waals surface area contributed by atoms with Crippen LogP contribution in [0.1, 0.15) is 38.0 Å². The second-order valence-electron chi connectivity index (χ2n) is 5.23. The van der Waals surface area contributed by atoms with E-state index < -0.39 is 0 Å². The second kappa shape index (κ2) is 9.29. The van der Waals surface area contributed by atoms with Crippen molar-refractivity contribution in [1.29, 1.82) is 0 Å². The zero-order valence-corrected chi connectivity index (χ0v) is 14.8. The van der Waals surface area contributed by atoms with Crippen molar-refractivity contribution in [3.63, 3.8) is 0 Å². The molecule has 9 heteroatoms. The van der Waals surface area contributed by atoms with E-state index in [2.05, 4.69) is 15.0 Å². The molecule has 2 N–H and O–H groups in total. The number of hydrogen-bond donors (Lipinski definition) is 1. The summed E-state index contributed by atoms with van der Waals surface area (Å²) in [6.45, 7) is 8.77. The third kappa shape index (κ3) is 4.81. The highest BCUT2D eigenvalue weighted by Crippen LogP contribution is 2.20. The Morgan fingerprint density at radius 3 is 2.36 bits per heavy atom. The van der Waals surface area contributed by atoms with Gasteiger partial charge in [0.2, 0.25) is 11.8 Å². The van der Waals surface area contributed by atoms with Gasteiger partial charge in [0.05, 0.1) is 12.1 Å². The van der Waals surface area contributed by atoms with Crippen LogP contribution in [0.3, 0.4) is 0 Å². The standard InChI is InChI=1S/C13H23N5O2.2ClH/c1-4-11(14)13(19)18-7-5-17(6-8-18)9(2)12-15-10(3)16-20-12;;/h9,11H,4-8,14H2,1-3H3;2*1H/t9?,11-;;/m0../s1. The van der Waals surface area contributed by atoms with Crippen LogP contribution in [0, 0.1) is 6.92 Å². The minimum Gasteiger partial charge on any atom is -0.339 e. The molecule has 1 aromatic rings. The van der Waals surface area contributed by atoms with Gasteiger partial charge in [0, 0.05) is 26.2 Å². The van der Waals surface area contributed by atoms with Gasteiger partial charge in [-0.05, 0) is 20.3 Å². The Kier molecular flexibility index (Phi) is 8.92. The van der Waals surface area contributed by atoms with Crippen LogP contribution in [-0.2, 0) is 4.79 Å². The summed E-state index contributed by atoms with van der Waals surface area (Å²) >= 11 is 0. The number of carbonyl (C=O) groups excluding carboxylic acids is 1. The van der Waals surface area contributed by atoms with Crippen molar-refractivity contribution in [1.82, 2.24) is 19.9 Å². The zero-order valence-electron chi connectivity index (χ0n) is 13.2. The molecule has 0 aliphatic carbocycles. The van der Waals surface area contributed by atoms with E-state index in [0.29, 0.717) is 31.2 Å². The summed E-state index contributed by atoms with van der Waals surface area (Å²) in [5.74, 6) is 1.33. The maximum atomic E-state index is 12.0. The normalized spacial score (nSPS) is 18.1. The van der Waals surface area contributed by atoms with E-state index in [9.17, 15) is 4.79 Å². The first-order valence-corrected chi connectivity index (χ1v) is 7.11. The van der Waals surface area contributed by atoms with Gasteiger partial charge in [0.1, 0.15) is 0 Å². The monoisotopic (exact) mass is 353 g/mol. The summed E-state index contributed by atoms with van der Waals surface area (Å²) in [5.41, 5.74) is 5.80. The molecule has 0 radical (unpaired) electrons. The maximum absolute atomic E-state index is 12.0. The van der Waals surface area contributed by atoms with Gasteiger partial charge in [-0.2, -0.15) is 4.98 Å². The van der Waals surface area contributed by atoms with Crippen LogP contribution < -0.4 is 5.73 Å². The Balaban J connectivity index is 0.00000220. The quantitative estimate of drug-likeness (QED) is 0.873. The molecule has 1 aliphatic rings. The minimum atomic E-state index is -0.377. The van der Waals surface area contributed by atoms with Gasteiger partial charge in [-0.3, -0.25) is 9.69 Å². The van der Waals surface area contributed by atoms with Gasteiger partial charge in [-0.25, -0.2) is 0 Å². The topological polar surface area (TPSA) is 88.5 Å². The fourth-order valence-corrected chi connectivity index (χ4v) is 2.38. The molecule has 2 heterocycles. The molecule has 1 amide bonds. The van der Waals surface area contributed by atoms with E-state index in [0.717, 1.165) is 13.1 Å². The largest absolute Gasteiger partial charge is 0.339 e. The predicted octanol–water partition coefficient (Wildman–Crippen LogP) is 1.16. The van der Waals surface area contributed by atoms with Gasteiger partial charge in [-0.15, -0.1) is 24.8 Å². The summed E-state index contributed by atoms with van der Waals surface area (Å²) in [6, 6.07) is -0.300. The molecule has 0 bridgehead atoms. The Morgan fingerprint density at radius 2 is 1.91 bits per heavy atom. The second-order valence-corrected chi connectivity index (χ2v) is 5.23. The number of nitrogens with zero attached hydrogens (tertiary/aromatic N) is 4. The summed E-state index contributed by atoms with van der Waals surface area (Å²) < 4.78 is 5.21. The number of rotatable bonds is 4. The van der Waals surface area contributed by atoms with E-state index in [1.165, 1.54) is 0 Å². The lowest BCUT2D eigenvalue weighted by Crippen LogP contribution is -2.53. The van der Waals surface area contributed by atoms with Crippen LogP contribution in [0.25, 0.3) is 0 Å². The first-order valence-electron chi connectivity index (χ1n) is 7.11. The molecule has 7 nitrogen and oxygen atoms in total. The van der Waals surface area contributed by atoms with Crippen LogP contribution in [0.5, 0.6) is 0 Å². The van der Waals surface area contributed by atoms with Crippen molar-refractivity contribution in [3.05, 3.63) is 11.7 Å². The van der Waals surface area contributed by atoms with Crippen LogP contribution in [0.4, 0.5) is 0 Å². The van der Waals surface area contributed by atoms with Crippen molar-refractivity contribution in [3.8, 4) is 0 Å². The average molecular weight is 354 g/mol. The lowest BCUT2D eigenvalue weighted by atomic mass is 10.1. The molecule has 2 rings (SSSR count). The smallest absolute Gasteiger partial charge is 0.243 e. The first-order chi connectivity index (χ1) is 9.52. The predicted molar refractivity (Wildman–Crippen MR) is 88.4 cm³/mol. The summed E-state index contributed by atoms with van der Waals surface area (Å²) in [7, 11) is 0. The zero-order chi connectivity index (χ0) is 14.7. The van der Waals surface area contributed by atoms with E-state index >= 15 is 0 Å². The van der Waals surface area contributed by atoms with Gasteiger partial charge in [-0.1, -0.05) is 12.1 Å². The highest BCUT2D eigenvalue weighted by atomic mass is 35.5. The number of piperazine rings is 1. The lowest BCUT2D eigenvalue weighted by Gasteiger charge is -2.37. The van der Waals surface area contributed by atoms with E-state index in [-0.39, 0.29) is 42.8 Å². The molecule has 0 spiro atoms. The van der Waals surface area contributed by atoms with Crippen molar-refractivity contribution in [2.75, 3.05) is 26.2 Å². The molecule has 1 unspecified atom stereocenters. The van der Waals surface area contributed by atoms with E-state index in [4.69, 9.17) is 10.3 Å². The van der Waals surface area contributed by atoms with E-state index in [1.54, 1.807) is 0 Å². The molecule has 0 aromatic carbocycles. The van der Waals surface area contributed by atoms with Gasteiger partial charge in [0.15, 0.2) is 5.82 Å². The van der Waals surface area contributed by atoms with Crippen LogP contribution in [-0.4, -0.2) is 58.1 Å². The fourth-order valence-electron chi connectivity index (χ4n) is 2.38. The third-order valence-corrected chi connectivity index (χ3v) is 3.83. The van der Waals surface area contributed by atoms with E-state index in [1.807, 2.05) is 25.7 Å². The third-order valence-electron chi connectivity index (χ3n) is 3.83. The number of carbonyl (C=O) groups is 1. The number of halogens is 2. The summed E-state index contributed by atoms with van der Waals surface area (Å²) in [4.78, 5) is 20.4. The number of nitrogens with two attached hydrogens (primary N) is 1. The van der Waals surface area contributed by atoms with Crippen molar-refractivity contribution in [2.45, 2.75) is 39.3 Å². The molecular weight excluding hydrogens is 329 g/mol. The number of amides is 1. The molecule has 1 fully saturated rings. The van der Waals surface area contributed by atoms with Crippen molar-refractivity contribution < 1.29 is 9.32 Å². The number of hydrogen-bond acceptors (Lipinski definition) is 6. The number of aromatic nitrogens is 2.